The number of nitrogens with zero attached hydrogens (tertiary/aromatic N) is 1. The highest BCUT2D eigenvalue weighted by atomic mass is 16.6. The predicted molar refractivity (Wildman–Crippen MR) is 108 cm³/mol. The van der Waals surface area contributed by atoms with Crippen LogP contribution in [0.2, 0.25) is 0 Å². The van der Waals surface area contributed by atoms with Crippen molar-refractivity contribution in [1.29, 1.82) is 0 Å². The van der Waals surface area contributed by atoms with E-state index in [2.05, 4.69) is 17.4 Å². The Labute approximate surface area is 169 Å². The first-order valence-electron chi connectivity index (χ1n) is 10.2. The van der Waals surface area contributed by atoms with Gasteiger partial charge in [-0.3, -0.25) is 9.59 Å². The molecule has 5 rings (SSSR count). The van der Waals surface area contributed by atoms with Gasteiger partial charge in [-0.25, -0.2) is 0 Å². The second-order valence-corrected chi connectivity index (χ2v) is 8.02. The molecule has 2 heterocycles. The van der Waals surface area contributed by atoms with Gasteiger partial charge in [0.05, 0.1) is 11.5 Å². The van der Waals surface area contributed by atoms with Crippen molar-refractivity contribution < 1.29 is 19.1 Å². The SMILES string of the molecule is O=C(NC1(c2ccccc2)CCC1)C1CC(=O)N(c2ccc3c(c2)OCCO3)C1. The lowest BCUT2D eigenvalue weighted by Gasteiger charge is -2.43. The van der Waals surface area contributed by atoms with Crippen LogP contribution in [0.4, 0.5) is 5.69 Å². The van der Waals surface area contributed by atoms with Gasteiger partial charge in [0, 0.05) is 24.7 Å². The first-order valence-corrected chi connectivity index (χ1v) is 10.2. The van der Waals surface area contributed by atoms with Crippen molar-refractivity contribution in [2.75, 3.05) is 24.7 Å². The number of hydrogen-bond acceptors (Lipinski definition) is 4. The molecule has 0 aromatic heterocycles. The average molecular weight is 392 g/mol. The van der Waals surface area contributed by atoms with Gasteiger partial charge in [-0.15, -0.1) is 0 Å². The molecule has 3 aliphatic rings. The number of hydrogen-bond donors (Lipinski definition) is 1. The van der Waals surface area contributed by atoms with Crippen LogP contribution < -0.4 is 19.7 Å². The lowest BCUT2D eigenvalue weighted by atomic mass is 9.71. The molecule has 1 unspecified atom stereocenters. The fourth-order valence-electron chi connectivity index (χ4n) is 4.44. The summed E-state index contributed by atoms with van der Waals surface area (Å²) in [6.45, 7) is 1.41. The van der Waals surface area contributed by atoms with Crippen molar-refractivity contribution in [3.05, 3.63) is 54.1 Å². The van der Waals surface area contributed by atoms with Gasteiger partial charge in [0.15, 0.2) is 11.5 Å². The summed E-state index contributed by atoms with van der Waals surface area (Å²) in [6.07, 6.45) is 3.21. The molecule has 150 valence electrons. The molecule has 0 bridgehead atoms. The van der Waals surface area contributed by atoms with Crippen molar-refractivity contribution in [2.24, 2.45) is 5.92 Å². The molecule has 2 aliphatic heterocycles. The Kier molecular flexibility index (Phi) is 4.42. The van der Waals surface area contributed by atoms with Gasteiger partial charge in [-0.2, -0.15) is 0 Å². The van der Waals surface area contributed by atoms with Crippen LogP contribution in [0.5, 0.6) is 11.5 Å². The zero-order valence-corrected chi connectivity index (χ0v) is 16.2. The maximum atomic E-state index is 13.0. The number of benzene rings is 2. The molecular formula is C23H24N2O4. The molecule has 2 amide bonds. The van der Waals surface area contributed by atoms with E-state index in [0.717, 1.165) is 30.5 Å². The molecular weight excluding hydrogens is 368 g/mol. The van der Waals surface area contributed by atoms with Crippen molar-refractivity contribution in [1.82, 2.24) is 5.32 Å². The van der Waals surface area contributed by atoms with Crippen LogP contribution in [-0.4, -0.2) is 31.6 Å². The fourth-order valence-corrected chi connectivity index (χ4v) is 4.44. The van der Waals surface area contributed by atoms with Gasteiger partial charge in [-0.1, -0.05) is 30.3 Å². The highest BCUT2D eigenvalue weighted by molar-refractivity contribution is 6.00. The molecule has 1 saturated carbocycles. The van der Waals surface area contributed by atoms with E-state index in [1.807, 2.05) is 36.4 Å². The number of fused-ring (bicyclic) bond motifs is 1. The molecule has 6 nitrogen and oxygen atoms in total. The van der Waals surface area contributed by atoms with Crippen molar-refractivity contribution in [3.8, 4) is 11.5 Å². The number of anilines is 1. The molecule has 1 N–H and O–H groups in total. The third-order valence-electron chi connectivity index (χ3n) is 6.23. The lowest BCUT2D eigenvalue weighted by molar-refractivity contribution is -0.129. The number of ether oxygens (including phenoxy) is 2. The Balaban J connectivity index is 1.31. The Hall–Kier alpha value is -3.02. The molecule has 0 spiro atoms. The van der Waals surface area contributed by atoms with E-state index < -0.39 is 0 Å². The standard InChI is InChI=1S/C23H24N2O4/c26-21-13-16(15-25(21)18-7-8-19-20(14-18)29-12-11-28-19)22(27)24-23(9-4-10-23)17-5-2-1-3-6-17/h1-3,5-8,14,16H,4,9-13,15H2,(H,24,27). The Morgan fingerprint density at radius 3 is 2.52 bits per heavy atom. The van der Waals surface area contributed by atoms with Crippen molar-refractivity contribution in [3.63, 3.8) is 0 Å². The molecule has 1 saturated heterocycles. The van der Waals surface area contributed by atoms with Crippen LogP contribution in [-0.2, 0) is 15.1 Å². The van der Waals surface area contributed by atoms with Crippen LogP contribution in [0.3, 0.4) is 0 Å². The van der Waals surface area contributed by atoms with Crippen LogP contribution >= 0.6 is 0 Å². The largest absolute Gasteiger partial charge is 0.486 e. The normalized spacial score (nSPS) is 22.1. The van der Waals surface area contributed by atoms with E-state index in [0.29, 0.717) is 31.3 Å². The summed E-state index contributed by atoms with van der Waals surface area (Å²) in [5.41, 5.74) is 1.61. The summed E-state index contributed by atoms with van der Waals surface area (Å²) in [4.78, 5) is 27.4. The summed E-state index contributed by atoms with van der Waals surface area (Å²) in [7, 11) is 0. The van der Waals surface area contributed by atoms with E-state index in [9.17, 15) is 9.59 Å². The molecule has 2 aromatic rings. The molecule has 1 atom stereocenters. The molecule has 0 radical (unpaired) electrons. The van der Waals surface area contributed by atoms with Crippen molar-refractivity contribution in [2.45, 2.75) is 31.2 Å². The zero-order valence-electron chi connectivity index (χ0n) is 16.2. The number of amides is 2. The second kappa shape index (κ2) is 7.10. The molecule has 29 heavy (non-hydrogen) atoms. The third kappa shape index (κ3) is 3.22. The predicted octanol–water partition coefficient (Wildman–Crippen LogP) is 3.01. The Morgan fingerprint density at radius 2 is 1.79 bits per heavy atom. The number of carbonyl (C=O) groups is 2. The molecule has 2 aromatic carbocycles. The number of rotatable bonds is 4. The van der Waals surface area contributed by atoms with Gasteiger partial charge in [0.25, 0.3) is 0 Å². The van der Waals surface area contributed by atoms with E-state index in [4.69, 9.17) is 9.47 Å². The quantitative estimate of drug-likeness (QED) is 0.869. The number of carbonyl (C=O) groups excluding carboxylic acids is 2. The van der Waals surface area contributed by atoms with Crippen LogP contribution in [0.1, 0.15) is 31.2 Å². The Morgan fingerprint density at radius 1 is 1.03 bits per heavy atom. The van der Waals surface area contributed by atoms with Gasteiger partial charge < -0.3 is 19.7 Å². The minimum absolute atomic E-state index is 0.0378. The first-order chi connectivity index (χ1) is 14.1. The van der Waals surface area contributed by atoms with E-state index in [1.54, 1.807) is 4.90 Å². The molecule has 2 fully saturated rings. The van der Waals surface area contributed by atoms with Gasteiger partial charge >= 0.3 is 0 Å². The van der Waals surface area contributed by atoms with E-state index in [1.165, 1.54) is 0 Å². The molecule has 6 heteroatoms. The monoisotopic (exact) mass is 392 g/mol. The fraction of sp³-hybridized carbons (Fsp3) is 0.391. The maximum absolute atomic E-state index is 13.0. The highest BCUT2D eigenvalue weighted by Gasteiger charge is 2.43. The summed E-state index contributed by atoms with van der Waals surface area (Å²) >= 11 is 0. The smallest absolute Gasteiger partial charge is 0.227 e. The maximum Gasteiger partial charge on any atom is 0.227 e. The van der Waals surface area contributed by atoms with Gasteiger partial charge in [-0.05, 0) is 37.0 Å². The summed E-state index contributed by atoms with van der Waals surface area (Å²) in [5.74, 6) is 0.908. The summed E-state index contributed by atoms with van der Waals surface area (Å²) in [6, 6.07) is 15.6. The zero-order chi connectivity index (χ0) is 19.8. The van der Waals surface area contributed by atoms with Crippen molar-refractivity contribution >= 4 is 17.5 Å². The van der Waals surface area contributed by atoms with E-state index in [-0.39, 0.29) is 29.7 Å². The third-order valence-corrected chi connectivity index (χ3v) is 6.23. The summed E-state index contributed by atoms with van der Waals surface area (Å²) in [5, 5.41) is 3.27. The second-order valence-electron chi connectivity index (χ2n) is 8.02. The minimum atomic E-state index is -0.350. The first kappa shape index (κ1) is 18.0. The minimum Gasteiger partial charge on any atom is -0.486 e. The average Bonchev–Trinajstić information content (AvgIpc) is 3.12. The van der Waals surface area contributed by atoms with Gasteiger partial charge in [0.2, 0.25) is 11.8 Å². The van der Waals surface area contributed by atoms with E-state index >= 15 is 0 Å². The van der Waals surface area contributed by atoms with Crippen LogP contribution in [0, 0.1) is 5.92 Å². The topological polar surface area (TPSA) is 67.9 Å². The highest BCUT2D eigenvalue weighted by Crippen LogP contribution is 2.42. The lowest BCUT2D eigenvalue weighted by Crippen LogP contribution is -2.52. The van der Waals surface area contributed by atoms with Crippen LogP contribution in [0.25, 0.3) is 0 Å². The summed E-state index contributed by atoms with van der Waals surface area (Å²) < 4.78 is 11.2. The van der Waals surface area contributed by atoms with Gasteiger partial charge in [0.1, 0.15) is 13.2 Å². The van der Waals surface area contributed by atoms with Crippen LogP contribution in [0.15, 0.2) is 48.5 Å². The Bertz CT molecular complexity index is 939. The number of nitrogens with one attached hydrogen (secondary N) is 1. The molecule has 1 aliphatic carbocycles.